The Kier molecular flexibility index (Phi) is 4.01. The molecule has 26 heavy (non-hydrogen) atoms. The summed E-state index contributed by atoms with van der Waals surface area (Å²) in [4.78, 5) is 10.5. The summed E-state index contributed by atoms with van der Waals surface area (Å²) in [5, 5.41) is 30.0. The van der Waals surface area contributed by atoms with Gasteiger partial charge in [0.25, 0.3) is 5.69 Å². The summed E-state index contributed by atoms with van der Waals surface area (Å²) >= 11 is 0. The minimum atomic E-state index is -3.99. The lowest BCUT2D eigenvalue weighted by molar-refractivity contribution is -0.384. The average Bonchev–Trinajstić information content (AvgIpc) is 2.56. The molecule has 9 heteroatoms. The molecule has 4 fully saturated rings. The molecule has 4 N–H and O–H groups in total. The van der Waals surface area contributed by atoms with Crippen molar-refractivity contribution in [3.8, 4) is 0 Å². The Bertz CT molecular complexity index is 840. The van der Waals surface area contributed by atoms with Crippen molar-refractivity contribution in [2.75, 3.05) is 11.9 Å². The normalized spacial score (nSPS) is 35.5. The van der Waals surface area contributed by atoms with Crippen LogP contribution in [0.4, 0.5) is 11.4 Å². The number of hydrogen-bond donors (Lipinski definition) is 3. The van der Waals surface area contributed by atoms with Gasteiger partial charge in [-0.1, -0.05) is 0 Å². The first-order valence-electron chi connectivity index (χ1n) is 8.90. The molecule has 0 aliphatic heterocycles. The number of nitrogens with zero attached hydrogens (tertiary/aromatic N) is 1. The van der Waals surface area contributed by atoms with E-state index in [4.69, 9.17) is 5.14 Å². The maximum atomic E-state index is 11.4. The first kappa shape index (κ1) is 17.7. The van der Waals surface area contributed by atoms with Crippen LogP contribution in [0.25, 0.3) is 0 Å². The van der Waals surface area contributed by atoms with E-state index in [1.807, 2.05) is 0 Å². The molecule has 8 nitrogen and oxygen atoms in total. The third-order valence-electron chi connectivity index (χ3n) is 6.50. The largest absolute Gasteiger partial charge is 0.393 e. The van der Waals surface area contributed by atoms with E-state index >= 15 is 0 Å². The summed E-state index contributed by atoms with van der Waals surface area (Å²) in [6.45, 7) is 0.596. The topological polar surface area (TPSA) is 136 Å². The summed E-state index contributed by atoms with van der Waals surface area (Å²) in [7, 11) is -3.99. The second kappa shape index (κ2) is 5.90. The maximum absolute atomic E-state index is 11.4. The molecule has 0 aromatic heterocycles. The lowest BCUT2D eigenvalue weighted by Crippen LogP contribution is -2.55. The highest BCUT2D eigenvalue weighted by molar-refractivity contribution is 7.89. The van der Waals surface area contributed by atoms with Gasteiger partial charge in [-0.05, 0) is 67.4 Å². The number of sulfonamides is 1. The Labute approximate surface area is 152 Å². The monoisotopic (exact) mass is 381 g/mol. The molecule has 1 aromatic carbocycles. The van der Waals surface area contributed by atoms with E-state index in [0.717, 1.165) is 38.2 Å². The molecule has 4 bridgehead atoms. The lowest BCUT2D eigenvalue weighted by Gasteiger charge is -2.59. The van der Waals surface area contributed by atoms with Gasteiger partial charge in [0, 0.05) is 12.6 Å². The van der Waals surface area contributed by atoms with Gasteiger partial charge in [-0.2, -0.15) is 0 Å². The van der Waals surface area contributed by atoms with Crippen LogP contribution < -0.4 is 10.5 Å². The zero-order chi connectivity index (χ0) is 18.7. The second-order valence-corrected chi connectivity index (χ2v) is 9.86. The highest BCUT2D eigenvalue weighted by atomic mass is 32.2. The van der Waals surface area contributed by atoms with Crippen LogP contribution in [0.15, 0.2) is 23.1 Å². The van der Waals surface area contributed by atoms with Crippen molar-refractivity contribution < 1.29 is 18.4 Å². The number of hydrogen-bond acceptors (Lipinski definition) is 6. The van der Waals surface area contributed by atoms with E-state index in [0.29, 0.717) is 30.0 Å². The van der Waals surface area contributed by atoms with Crippen LogP contribution in [0.2, 0.25) is 0 Å². The molecule has 4 aliphatic rings. The Balaban J connectivity index is 1.56. The Morgan fingerprint density at radius 3 is 2.50 bits per heavy atom. The summed E-state index contributed by atoms with van der Waals surface area (Å²) in [5.41, 5.74) is 0.0716. The van der Waals surface area contributed by atoms with Crippen molar-refractivity contribution in [2.24, 2.45) is 28.3 Å². The molecule has 0 amide bonds. The van der Waals surface area contributed by atoms with Crippen LogP contribution in [0, 0.1) is 33.3 Å². The number of nitro benzene ring substituents is 1. The zero-order valence-corrected chi connectivity index (χ0v) is 15.1. The molecule has 4 aliphatic carbocycles. The van der Waals surface area contributed by atoms with Crippen LogP contribution in [0.1, 0.15) is 32.1 Å². The summed E-state index contributed by atoms with van der Waals surface area (Å²) in [5.74, 6) is 1.31. The first-order chi connectivity index (χ1) is 12.2. The molecule has 142 valence electrons. The van der Waals surface area contributed by atoms with Gasteiger partial charge in [0.15, 0.2) is 0 Å². The van der Waals surface area contributed by atoms with Gasteiger partial charge in [0.1, 0.15) is 5.69 Å². The zero-order valence-electron chi connectivity index (χ0n) is 14.3. The van der Waals surface area contributed by atoms with E-state index in [9.17, 15) is 23.6 Å². The van der Waals surface area contributed by atoms with Crippen molar-refractivity contribution >= 4 is 21.4 Å². The Morgan fingerprint density at radius 1 is 1.27 bits per heavy atom. The van der Waals surface area contributed by atoms with Gasteiger partial charge < -0.3 is 10.4 Å². The first-order valence-corrected chi connectivity index (χ1v) is 10.4. The molecule has 5 rings (SSSR count). The van der Waals surface area contributed by atoms with Crippen molar-refractivity contribution in [1.82, 2.24) is 0 Å². The highest BCUT2D eigenvalue weighted by Gasteiger charge is 2.54. The molecular formula is C17H23N3O5S. The number of nitrogens with one attached hydrogen (secondary N) is 1. The number of rotatable bonds is 5. The van der Waals surface area contributed by atoms with Crippen molar-refractivity contribution in [2.45, 2.75) is 43.1 Å². The van der Waals surface area contributed by atoms with Crippen molar-refractivity contribution in [1.29, 1.82) is 0 Å². The molecule has 0 saturated heterocycles. The maximum Gasteiger partial charge on any atom is 0.293 e. The number of benzene rings is 1. The number of nitrogens with two attached hydrogens (primary N) is 1. The fraction of sp³-hybridized carbons (Fsp3) is 0.647. The number of aliphatic hydroxyl groups is 1. The van der Waals surface area contributed by atoms with Crippen molar-refractivity contribution in [3.63, 3.8) is 0 Å². The van der Waals surface area contributed by atoms with Gasteiger partial charge in [-0.15, -0.1) is 0 Å². The minimum absolute atomic E-state index is 0.0578. The molecule has 0 radical (unpaired) electrons. The van der Waals surface area contributed by atoms with Crippen LogP contribution in [-0.2, 0) is 10.0 Å². The molecule has 0 spiro atoms. The van der Waals surface area contributed by atoms with E-state index < -0.39 is 14.9 Å². The number of anilines is 1. The smallest absolute Gasteiger partial charge is 0.293 e. The van der Waals surface area contributed by atoms with Crippen LogP contribution in [0.5, 0.6) is 0 Å². The highest BCUT2D eigenvalue weighted by Crippen LogP contribution is 2.60. The molecule has 0 heterocycles. The molecular weight excluding hydrogens is 358 g/mol. The standard InChI is InChI=1S/C17H23N3O5S/c18-26(24,25)13-1-2-14(15(5-13)20(22)23)19-9-17-6-10-3-11(7-17)16(21)12(4-10)8-17/h1-2,5,10-12,16,19,21H,3-4,6-9H2,(H2,18,24,25). The summed E-state index contributed by atoms with van der Waals surface area (Å²) in [6.07, 6.45) is 4.94. The summed E-state index contributed by atoms with van der Waals surface area (Å²) < 4.78 is 22.9. The molecule has 4 saturated carbocycles. The Morgan fingerprint density at radius 2 is 1.92 bits per heavy atom. The van der Waals surface area contributed by atoms with Gasteiger partial charge >= 0.3 is 0 Å². The van der Waals surface area contributed by atoms with E-state index in [2.05, 4.69) is 5.32 Å². The third kappa shape index (κ3) is 2.97. The average molecular weight is 381 g/mol. The minimum Gasteiger partial charge on any atom is -0.393 e. The number of nitro groups is 1. The van der Waals surface area contributed by atoms with E-state index in [-0.39, 0.29) is 22.1 Å². The van der Waals surface area contributed by atoms with Gasteiger partial charge in [0.05, 0.1) is 15.9 Å². The fourth-order valence-electron chi connectivity index (χ4n) is 5.65. The molecule has 1 aromatic rings. The van der Waals surface area contributed by atoms with E-state index in [1.165, 1.54) is 12.1 Å². The van der Waals surface area contributed by atoms with Crippen LogP contribution in [-0.4, -0.2) is 31.1 Å². The Hall–Kier alpha value is -1.71. The third-order valence-corrected chi connectivity index (χ3v) is 7.41. The predicted molar refractivity (Wildman–Crippen MR) is 95.0 cm³/mol. The SMILES string of the molecule is NS(=O)(=O)c1ccc(NCC23CC4CC(C2)C(O)C(C4)C3)c([N+](=O)[O-])c1. The predicted octanol–water partition coefficient (Wildman–Crippen LogP) is 1.84. The summed E-state index contributed by atoms with van der Waals surface area (Å²) in [6, 6.07) is 3.70. The van der Waals surface area contributed by atoms with Gasteiger partial charge in [-0.3, -0.25) is 10.1 Å². The second-order valence-electron chi connectivity index (χ2n) is 8.30. The van der Waals surface area contributed by atoms with Gasteiger partial charge in [0.2, 0.25) is 10.0 Å². The molecule has 2 unspecified atom stereocenters. The van der Waals surface area contributed by atoms with Gasteiger partial charge in [-0.25, -0.2) is 13.6 Å². The quantitative estimate of drug-likeness (QED) is 0.526. The number of aliphatic hydroxyl groups excluding tert-OH is 1. The van der Waals surface area contributed by atoms with Crippen molar-refractivity contribution in [3.05, 3.63) is 28.3 Å². The molecule has 2 atom stereocenters. The fourth-order valence-corrected chi connectivity index (χ4v) is 6.19. The van der Waals surface area contributed by atoms with E-state index in [1.54, 1.807) is 0 Å². The number of primary sulfonamides is 1. The van der Waals surface area contributed by atoms with Crippen LogP contribution >= 0.6 is 0 Å². The van der Waals surface area contributed by atoms with Crippen LogP contribution in [0.3, 0.4) is 0 Å². The lowest BCUT2D eigenvalue weighted by atomic mass is 9.48.